The minimum Gasteiger partial charge on any atom is -0.374 e. The zero-order valence-corrected chi connectivity index (χ0v) is 17.5. The Balaban J connectivity index is 1.21. The van der Waals surface area contributed by atoms with E-state index in [1.54, 1.807) is 25.7 Å². The zero-order chi connectivity index (χ0) is 17.8. The molecule has 5 aliphatic rings. The summed E-state index contributed by atoms with van der Waals surface area (Å²) in [6.45, 7) is 6.03. The van der Waals surface area contributed by atoms with Crippen LogP contribution < -0.4 is 0 Å². The second kappa shape index (κ2) is 6.50. The van der Waals surface area contributed by atoms with Crippen LogP contribution in [0.5, 0.6) is 0 Å². The number of ether oxygens (including phenoxy) is 1. The topological polar surface area (TPSA) is 9.23 Å². The molecular formula is C25H42O. The van der Waals surface area contributed by atoms with Crippen LogP contribution >= 0.6 is 0 Å². The molecule has 4 atom stereocenters. The van der Waals surface area contributed by atoms with Crippen molar-refractivity contribution in [3.8, 4) is 0 Å². The van der Waals surface area contributed by atoms with E-state index >= 15 is 0 Å². The molecule has 148 valence electrons. The highest BCUT2D eigenvalue weighted by molar-refractivity contribution is 5.02. The van der Waals surface area contributed by atoms with Crippen LogP contribution in [0.1, 0.15) is 110 Å². The maximum absolute atomic E-state index is 6.85. The highest BCUT2D eigenvalue weighted by atomic mass is 16.5. The third-order valence-electron chi connectivity index (χ3n) is 9.81. The first-order valence-electron chi connectivity index (χ1n) is 12.1. The number of hydrogen-bond acceptors (Lipinski definition) is 1. The van der Waals surface area contributed by atoms with Gasteiger partial charge in [-0.2, -0.15) is 0 Å². The Kier molecular flexibility index (Phi) is 4.50. The molecule has 5 rings (SSSR count). The van der Waals surface area contributed by atoms with Crippen LogP contribution in [0.4, 0.5) is 0 Å². The van der Waals surface area contributed by atoms with Crippen LogP contribution in [0.2, 0.25) is 0 Å². The first kappa shape index (κ1) is 18.0. The maximum Gasteiger partial charge on any atom is 0.0688 e. The lowest BCUT2D eigenvalue weighted by Crippen LogP contribution is -2.48. The summed E-state index contributed by atoms with van der Waals surface area (Å²) in [4.78, 5) is 0. The van der Waals surface area contributed by atoms with E-state index in [4.69, 9.17) is 4.74 Å². The lowest BCUT2D eigenvalue weighted by atomic mass is 9.58. The first-order chi connectivity index (χ1) is 12.5. The summed E-state index contributed by atoms with van der Waals surface area (Å²) in [5.41, 5.74) is 1.56. The predicted octanol–water partition coefficient (Wildman–Crippen LogP) is 7.14. The van der Waals surface area contributed by atoms with Crippen molar-refractivity contribution in [3.05, 3.63) is 0 Å². The molecule has 5 fully saturated rings. The molecule has 1 aliphatic heterocycles. The highest BCUT2D eigenvalue weighted by Gasteiger charge is 2.52. The van der Waals surface area contributed by atoms with Gasteiger partial charge in [0.15, 0.2) is 0 Å². The van der Waals surface area contributed by atoms with Crippen LogP contribution in [0.25, 0.3) is 0 Å². The van der Waals surface area contributed by atoms with Crippen LogP contribution in [0.3, 0.4) is 0 Å². The minimum atomic E-state index is 0.249. The van der Waals surface area contributed by atoms with Gasteiger partial charge in [-0.1, -0.05) is 39.5 Å². The van der Waals surface area contributed by atoms with Gasteiger partial charge >= 0.3 is 0 Å². The van der Waals surface area contributed by atoms with E-state index in [0.29, 0.717) is 5.41 Å². The van der Waals surface area contributed by atoms with Crippen molar-refractivity contribution in [3.63, 3.8) is 0 Å². The molecular weight excluding hydrogens is 316 g/mol. The van der Waals surface area contributed by atoms with E-state index in [-0.39, 0.29) is 5.60 Å². The summed E-state index contributed by atoms with van der Waals surface area (Å²) < 4.78 is 6.85. The molecule has 1 saturated heterocycles. The molecule has 4 saturated carbocycles. The third kappa shape index (κ3) is 3.40. The smallest absolute Gasteiger partial charge is 0.0688 e. The molecule has 0 aromatic heterocycles. The molecule has 4 unspecified atom stereocenters. The van der Waals surface area contributed by atoms with Gasteiger partial charge in [-0.05, 0) is 105 Å². The van der Waals surface area contributed by atoms with E-state index in [9.17, 15) is 0 Å². The largest absolute Gasteiger partial charge is 0.374 e. The average Bonchev–Trinajstić information content (AvgIpc) is 3.38. The molecule has 1 heterocycles. The van der Waals surface area contributed by atoms with Crippen molar-refractivity contribution in [2.45, 2.75) is 116 Å². The van der Waals surface area contributed by atoms with Crippen molar-refractivity contribution >= 4 is 0 Å². The van der Waals surface area contributed by atoms with Crippen molar-refractivity contribution in [1.82, 2.24) is 0 Å². The molecule has 1 heteroatoms. The Morgan fingerprint density at radius 3 is 1.96 bits per heavy atom. The molecule has 0 N–H and O–H groups in total. The van der Waals surface area contributed by atoms with E-state index < -0.39 is 0 Å². The van der Waals surface area contributed by atoms with Crippen molar-refractivity contribution in [2.24, 2.45) is 34.5 Å². The molecule has 0 aromatic rings. The Labute approximate surface area is 162 Å². The number of rotatable bonds is 0. The van der Waals surface area contributed by atoms with Gasteiger partial charge in [0, 0.05) is 0 Å². The second-order valence-corrected chi connectivity index (χ2v) is 12.0. The maximum atomic E-state index is 6.85. The summed E-state index contributed by atoms with van der Waals surface area (Å²) in [6, 6.07) is 0. The molecule has 0 amide bonds. The summed E-state index contributed by atoms with van der Waals surface area (Å²) >= 11 is 0. The molecule has 1 nitrogen and oxygen atoms in total. The van der Waals surface area contributed by atoms with Gasteiger partial charge < -0.3 is 4.74 Å². The van der Waals surface area contributed by atoms with E-state index in [1.807, 2.05) is 0 Å². The molecule has 3 spiro atoms. The highest BCUT2D eigenvalue weighted by Crippen LogP contribution is 2.61. The van der Waals surface area contributed by atoms with Gasteiger partial charge in [-0.15, -0.1) is 0 Å². The zero-order valence-electron chi connectivity index (χ0n) is 17.5. The fourth-order valence-electron chi connectivity index (χ4n) is 7.86. The Hall–Kier alpha value is -0.0400. The quantitative estimate of drug-likeness (QED) is 0.447. The predicted molar refractivity (Wildman–Crippen MR) is 108 cm³/mol. The standard InChI is InChI=1S/C25H42O/c1-19-5-6-20(2)16-25(15-19)13-12-24(18-26-25)10-8-23(9-11-24)7-3-4-21-14-22(21)17-23/h19-22H,3-18H2,1-2H3. The average molecular weight is 359 g/mol. The number of hydrogen-bond donors (Lipinski definition) is 0. The summed E-state index contributed by atoms with van der Waals surface area (Å²) in [5, 5.41) is 0. The second-order valence-electron chi connectivity index (χ2n) is 12.0. The van der Waals surface area contributed by atoms with Crippen LogP contribution in [-0.4, -0.2) is 12.2 Å². The Morgan fingerprint density at radius 2 is 1.31 bits per heavy atom. The lowest BCUT2D eigenvalue weighted by Gasteiger charge is -2.52. The third-order valence-corrected chi connectivity index (χ3v) is 9.81. The van der Waals surface area contributed by atoms with Crippen LogP contribution in [-0.2, 0) is 4.74 Å². The molecule has 0 aromatic carbocycles. The Bertz CT molecular complexity index is 490. The summed E-state index contributed by atoms with van der Waals surface area (Å²) in [7, 11) is 0. The first-order valence-corrected chi connectivity index (χ1v) is 12.1. The van der Waals surface area contributed by atoms with Crippen LogP contribution in [0, 0.1) is 34.5 Å². The normalized spacial score (nSPS) is 54.7. The number of fused-ring (bicyclic) bond motifs is 1. The van der Waals surface area contributed by atoms with Crippen molar-refractivity contribution < 1.29 is 4.74 Å². The van der Waals surface area contributed by atoms with Gasteiger partial charge in [-0.3, -0.25) is 0 Å². The fourth-order valence-corrected chi connectivity index (χ4v) is 7.86. The molecule has 0 bridgehead atoms. The minimum absolute atomic E-state index is 0.249. The van der Waals surface area contributed by atoms with Gasteiger partial charge in [-0.25, -0.2) is 0 Å². The lowest BCUT2D eigenvalue weighted by molar-refractivity contribution is -0.163. The van der Waals surface area contributed by atoms with E-state index in [2.05, 4.69) is 13.8 Å². The Morgan fingerprint density at radius 1 is 0.654 bits per heavy atom. The summed E-state index contributed by atoms with van der Waals surface area (Å²) in [5.74, 6) is 4.00. The molecule has 0 radical (unpaired) electrons. The van der Waals surface area contributed by atoms with Crippen molar-refractivity contribution in [1.29, 1.82) is 0 Å². The SMILES string of the molecule is CC1CCC(C)CC2(CCC3(CCC4(CCCC5CC5C4)CC3)CO2)C1. The molecule has 4 aliphatic carbocycles. The van der Waals surface area contributed by atoms with E-state index in [0.717, 1.165) is 35.7 Å². The van der Waals surface area contributed by atoms with Gasteiger partial charge in [0.25, 0.3) is 0 Å². The van der Waals surface area contributed by atoms with Gasteiger partial charge in [0.2, 0.25) is 0 Å². The van der Waals surface area contributed by atoms with Crippen LogP contribution in [0.15, 0.2) is 0 Å². The van der Waals surface area contributed by atoms with E-state index in [1.165, 1.54) is 70.6 Å². The monoisotopic (exact) mass is 358 g/mol. The van der Waals surface area contributed by atoms with Gasteiger partial charge in [0.05, 0.1) is 12.2 Å². The summed E-state index contributed by atoms with van der Waals surface area (Å²) in [6.07, 6.45) is 22.1. The van der Waals surface area contributed by atoms with Crippen molar-refractivity contribution in [2.75, 3.05) is 6.61 Å². The van der Waals surface area contributed by atoms with Gasteiger partial charge in [0.1, 0.15) is 0 Å². The fraction of sp³-hybridized carbons (Fsp3) is 1.00. The molecule has 26 heavy (non-hydrogen) atoms.